The predicted octanol–water partition coefficient (Wildman–Crippen LogP) is 4.15. The van der Waals surface area contributed by atoms with Crippen molar-refractivity contribution >= 4 is 0 Å². The van der Waals surface area contributed by atoms with Gasteiger partial charge in [0.1, 0.15) is 5.76 Å². The van der Waals surface area contributed by atoms with Crippen LogP contribution in [-0.4, -0.2) is 6.54 Å². The van der Waals surface area contributed by atoms with Crippen LogP contribution in [0.15, 0.2) is 53.1 Å². The summed E-state index contributed by atoms with van der Waals surface area (Å²) in [6, 6.07) is 14.8. The highest BCUT2D eigenvalue weighted by Crippen LogP contribution is 2.61. The van der Waals surface area contributed by atoms with Gasteiger partial charge in [-0.15, -0.1) is 0 Å². The van der Waals surface area contributed by atoms with Crippen molar-refractivity contribution in [3.63, 3.8) is 0 Å². The molecule has 104 valence electrons. The molecule has 1 aromatic carbocycles. The average molecular weight is 267 g/mol. The van der Waals surface area contributed by atoms with Crippen LogP contribution in [0.2, 0.25) is 0 Å². The zero-order chi connectivity index (χ0) is 13.4. The van der Waals surface area contributed by atoms with E-state index in [1.54, 1.807) is 6.26 Å². The van der Waals surface area contributed by atoms with Gasteiger partial charge >= 0.3 is 0 Å². The van der Waals surface area contributed by atoms with Gasteiger partial charge in [0.15, 0.2) is 0 Å². The quantitative estimate of drug-likeness (QED) is 0.850. The largest absolute Gasteiger partial charge is 0.467 e. The van der Waals surface area contributed by atoms with Crippen LogP contribution < -0.4 is 5.32 Å². The lowest BCUT2D eigenvalue weighted by molar-refractivity contribution is 0.365. The Labute approximate surface area is 120 Å². The van der Waals surface area contributed by atoms with E-state index in [1.807, 2.05) is 6.07 Å². The number of hydrogen-bond donors (Lipinski definition) is 1. The summed E-state index contributed by atoms with van der Waals surface area (Å²) >= 11 is 0. The van der Waals surface area contributed by atoms with Gasteiger partial charge in [-0.1, -0.05) is 30.3 Å². The van der Waals surface area contributed by atoms with Crippen LogP contribution >= 0.6 is 0 Å². The summed E-state index contributed by atoms with van der Waals surface area (Å²) in [7, 11) is 0. The highest BCUT2D eigenvalue weighted by Gasteiger charge is 2.53. The molecule has 2 aliphatic carbocycles. The van der Waals surface area contributed by atoms with Crippen molar-refractivity contribution in [3.05, 3.63) is 60.1 Å². The van der Waals surface area contributed by atoms with Gasteiger partial charge in [-0.2, -0.15) is 0 Å². The fourth-order valence-corrected chi connectivity index (χ4v) is 3.37. The molecule has 2 aliphatic rings. The standard InChI is InChI=1S/C18H21NO/c1-2-5-14(6-3-1)17(16-7-4-12-20-16)19-13-18(10-11-18)15-8-9-15/h1-7,12,15,17,19H,8-11,13H2. The summed E-state index contributed by atoms with van der Waals surface area (Å²) in [5.41, 5.74) is 1.90. The summed E-state index contributed by atoms with van der Waals surface area (Å²) < 4.78 is 5.65. The first-order valence-electron chi connectivity index (χ1n) is 7.69. The zero-order valence-corrected chi connectivity index (χ0v) is 11.7. The molecule has 0 bridgehead atoms. The molecule has 2 saturated carbocycles. The van der Waals surface area contributed by atoms with Crippen molar-refractivity contribution in [2.75, 3.05) is 6.54 Å². The third kappa shape index (κ3) is 2.29. The molecule has 2 aromatic rings. The van der Waals surface area contributed by atoms with E-state index in [1.165, 1.54) is 31.2 Å². The van der Waals surface area contributed by atoms with E-state index in [0.29, 0.717) is 5.41 Å². The van der Waals surface area contributed by atoms with Crippen LogP contribution in [0.1, 0.15) is 43.0 Å². The number of nitrogens with one attached hydrogen (secondary N) is 1. The number of hydrogen-bond acceptors (Lipinski definition) is 2. The molecule has 2 heteroatoms. The maximum absolute atomic E-state index is 5.65. The van der Waals surface area contributed by atoms with E-state index < -0.39 is 0 Å². The van der Waals surface area contributed by atoms with Crippen molar-refractivity contribution in [1.82, 2.24) is 5.32 Å². The maximum atomic E-state index is 5.65. The second kappa shape index (κ2) is 4.78. The summed E-state index contributed by atoms with van der Waals surface area (Å²) in [5, 5.41) is 3.77. The second-order valence-corrected chi connectivity index (χ2v) is 6.38. The molecule has 1 heterocycles. The van der Waals surface area contributed by atoms with Gasteiger partial charge in [-0.25, -0.2) is 0 Å². The highest BCUT2D eigenvalue weighted by molar-refractivity contribution is 5.26. The fraction of sp³-hybridized carbons (Fsp3) is 0.444. The van der Waals surface area contributed by atoms with Crippen molar-refractivity contribution < 1.29 is 4.42 Å². The number of rotatable bonds is 6. The van der Waals surface area contributed by atoms with Crippen LogP contribution in [0.4, 0.5) is 0 Å². The van der Waals surface area contributed by atoms with E-state index in [4.69, 9.17) is 4.42 Å². The molecule has 0 saturated heterocycles. The smallest absolute Gasteiger partial charge is 0.125 e. The molecule has 20 heavy (non-hydrogen) atoms. The summed E-state index contributed by atoms with van der Waals surface area (Å²) in [6.45, 7) is 1.12. The molecule has 4 rings (SSSR count). The number of benzene rings is 1. The lowest BCUT2D eigenvalue weighted by atomic mass is 9.98. The van der Waals surface area contributed by atoms with Crippen molar-refractivity contribution in [1.29, 1.82) is 0 Å². The first kappa shape index (κ1) is 12.2. The first-order chi connectivity index (χ1) is 9.87. The second-order valence-electron chi connectivity index (χ2n) is 6.38. The van der Waals surface area contributed by atoms with Gasteiger partial charge in [0.2, 0.25) is 0 Å². The topological polar surface area (TPSA) is 25.2 Å². The van der Waals surface area contributed by atoms with E-state index in [9.17, 15) is 0 Å². The third-order valence-electron chi connectivity index (χ3n) is 4.95. The minimum atomic E-state index is 0.183. The molecule has 1 atom stereocenters. The molecular weight excluding hydrogens is 246 g/mol. The summed E-state index contributed by atoms with van der Waals surface area (Å²) in [5.74, 6) is 2.01. The Balaban J connectivity index is 1.53. The molecule has 1 unspecified atom stereocenters. The lowest BCUT2D eigenvalue weighted by Crippen LogP contribution is -2.30. The van der Waals surface area contributed by atoms with Crippen molar-refractivity contribution in [3.8, 4) is 0 Å². The van der Waals surface area contributed by atoms with E-state index in [0.717, 1.165) is 18.2 Å². The minimum absolute atomic E-state index is 0.183. The van der Waals surface area contributed by atoms with Crippen LogP contribution in [0.5, 0.6) is 0 Å². The van der Waals surface area contributed by atoms with Gasteiger partial charge in [0, 0.05) is 6.54 Å². The fourth-order valence-electron chi connectivity index (χ4n) is 3.37. The molecule has 0 radical (unpaired) electrons. The van der Waals surface area contributed by atoms with Crippen LogP contribution in [0, 0.1) is 11.3 Å². The molecule has 0 aliphatic heterocycles. The predicted molar refractivity (Wildman–Crippen MR) is 79.4 cm³/mol. The first-order valence-corrected chi connectivity index (χ1v) is 7.69. The zero-order valence-electron chi connectivity index (χ0n) is 11.7. The van der Waals surface area contributed by atoms with Gasteiger partial charge in [-0.05, 0) is 54.7 Å². The molecule has 0 amide bonds. The lowest BCUT2D eigenvalue weighted by Gasteiger charge is -2.22. The van der Waals surface area contributed by atoms with Crippen molar-refractivity contribution in [2.45, 2.75) is 31.7 Å². The Hall–Kier alpha value is -1.54. The van der Waals surface area contributed by atoms with Gasteiger partial charge in [0.25, 0.3) is 0 Å². The Morgan fingerprint density at radius 3 is 2.50 bits per heavy atom. The molecule has 1 aromatic heterocycles. The highest BCUT2D eigenvalue weighted by atomic mass is 16.3. The Morgan fingerprint density at radius 1 is 1.10 bits per heavy atom. The van der Waals surface area contributed by atoms with Gasteiger partial charge in [0.05, 0.1) is 12.3 Å². The Morgan fingerprint density at radius 2 is 1.90 bits per heavy atom. The Bertz CT molecular complexity index is 552. The molecule has 1 N–H and O–H groups in total. The monoisotopic (exact) mass is 267 g/mol. The van der Waals surface area contributed by atoms with E-state index in [2.05, 4.69) is 41.7 Å². The number of furan rings is 1. The third-order valence-corrected chi connectivity index (χ3v) is 4.95. The van der Waals surface area contributed by atoms with Crippen LogP contribution in [-0.2, 0) is 0 Å². The molecule has 2 nitrogen and oxygen atoms in total. The minimum Gasteiger partial charge on any atom is -0.467 e. The van der Waals surface area contributed by atoms with Crippen LogP contribution in [0.25, 0.3) is 0 Å². The summed E-state index contributed by atoms with van der Waals surface area (Å²) in [6.07, 6.45) is 7.46. The van der Waals surface area contributed by atoms with Gasteiger partial charge < -0.3 is 9.73 Å². The van der Waals surface area contributed by atoms with E-state index >= 15 is 0 Å². The average Bonchev–Trinajstić information content (AvgIpc) is 3.40. The van der Waals surface area contributed by atoms with E-state index in [-0.39, 0.29) is 6.04 Å². The molecule has 0 spiro atoms. The molecule has 2 fully saturated rings. The van der Waals surface area contributed by atoms with Crippen LogP contribution in [0.3, 0.4) is 0 Å². The molecular formula is C18H21NO. The SMILES string of the molecule is c1ccc(C(NCC2(C3CC3)CC2)c2ccco2)cc1. The van der Waals surface area contributed by atoms with Gasteiger partial charge in [-0.3, -0.25) is 0 Å². The maximum Gasteiger partial charge on any atom is 0.125 e. The Kier molecular flexibility index (Phi) is 2.92. The normalized spacial score (nSPS) is 21.6. The summed E-state index contributed by atoms with van der Waals surface area (Å²) in [4.78, 5) is 0. The van der Waals surface area contributed by atoms with Crippen molar-refractivity contribution in [2.24, 2.45) is 11.3 Å².